The Balaban J connectivity index is 2.06. The Morgan fingerprint density at radius 3 is 3.00 bits per heavy atom. The molecule has 2 unspecified atom stereocenters. The molecule has 2 atom stereocenters. The fourth-order valence-corrected chi connectivity index (χ4v) is 2.78. The third-order valence-corrected chi connectivity index (χ3v) is 4.03. The van der Waals surface area contributed by atoms with E-state index in [1.54, 1.807) is 6.07 Å². The van der Waals surface area contributed by atoms with Crippen molar-refractivity contribution in [3.63, 3.8) is 0 Å². The first-order valence-electron chi connectivity index (χ1n) is 6.73. The van der Waals surface area contributed by atoms with Crippen LogP contribution in [0.1, 0.15) is 44.7 Å². The number of benzene rings is 1. The number of phenols is 1. The van der Waals surface area contributed by atoms with Crippen LogP contribution in [-0.4, -0.2) is 23.1 Å². The van der Waals surface area contributed by atoms with Crippen LogP contribution < -0.4 is 0 Å². The first-order chi connectivity index (χ1) is 8.20. The van der Waals surface area contributed by atoms with Crippen LogP contribution in [0.3, 0.4) is 0 Å². The second-order valence-electron chi connectivity index (χ2n) is 5.18. The first kappa shape index (κ1) is 12.4. The highest BCUT2D eigenvalue weighted by Crippen LogP contribution is 2.28. The molecule has 1 aliphatic rings. The van der Waals surface area contributed by atoms with E-state index in [4.69, 9.17) is 0 Å². The van der Waals surface area contributed by atoms with Crippen molar-refractivity contribution in [2.45, 2.75) is 39.2 Å². The van der Waals surface area contributed by atoms with E-state index in [-0.39, 0.29) is 0 Å². The molecular weight excluding hydrogens is 210 g/mol. The number of piperidine rings is 1. The van der Waals surface area contributed by atoms with Gasteiger partial charge in [0.1, 0.15) is 5.75 Å². The predicted molar refractivity (Wildman–Crippen MR) is 71.1 cm³/mol. The van der Waals surface area contributed by atoms with Gasteiger partial charge in [0.25, 0.3) is 0 Å². The summed E-state index contributed by atoms with van der Waals surface area (Å²) >= 11 is 0. The van der Waals surface area contributed by atoms with Gasteiger partial charge in [0.05, 0.1) is 0 Å². The SMILES string of the molecule is CCC1CCCN(C(C)c2cccc(O)c2)C1. The quantitative estimate of drug-likeness (QED) is 0.862. The summed E-state index contributed by atoms with van der Waals surface area (Å²) in [5, 5.41) is 9.54. The predicted octanol–water partition coefficient (Wildman–Crippen LogP) is 3.58. The molecule has 1 aromatic carbocycles. The monoisotopic (exact) mass is 233 g/mol. The van der Waals surface area contributed by atoms with Crippen LogP contribution in [0.25, 0.3) is 0 Å². The highest BCUT2D eigenvalue weighted by molar-refractivity contribution is 5.29. The van der Waals surface area contributed by atoms with Crippen LogP contribution in [0.4, 0.5) is 0 Å². The van der Waals surface area contributed by atoms with Gasteiger partial charge in [-0.3, -0.25) is 4.90 Å². The normalized spacial score (nSPS) is 23.5. The van der Waals surface area contributed by atoms with Crippen molar-refractivity contribution in [3.8, 4) is 5.75 Å². The Bertz CT molecular complexity index is 364. The zero-order valence-corrected chi connectivity index (χ0v) is 10.9. The summed E-state index contributed by atoms with van der Waals surface area (Å²) in [7, 11) is 0. The molecule has 94 valence electrons. The summed E-state index contributed by atoms with van der Waals surface area (Å²) in [5.41, 5.74) is 1.22. The van der Waals surface area contributed by atoms with Crippen molar-refractivity contribution < 1.29 is 5.11 Å². The lowest BCUT2D eigenvalue weighted by atomic mass is 9.93. The average Bonchev–Trinajstić information content (AvgIpc) is 2.38. The molecule has 1 aromatic rings. The van der Waals surface area contributed by atoms with Crippen molar-refractivity contribution in [1.29, 1.82) is 0 Å². The van der Waals surface area contributed by atoms with Gasteiger partial charge in [-0.05, 0) is 49.9 Å². The zero-order valence-electron chi connectivity index (χ0n) is 10.9. The van der Waals surface area contributed by atoms with E-state index < -0.39 is 0 Å². The summed E-state index contributed by atoms with van der Waals surface area (Å²) in [6, 6.07) is 8.08. The zero-order chi connectivity index (χ0) is 12.3. The molecule has 0 saturated carbocycles. The smallest absolute Gasteiger partial charge is 0.115 e. The highest BCUT2D eigenvalue weighted by atomic mass is 16.3. The van der Waals surface area contributed by atoms with Crippen LogP contribution in [-0.2, 0) is 0 Å². The number of hydrogen-bond donors (Lipinski definition) is 1. The van der Waals surface area contributed by atoms with Crippen molar-refractivity contribution in [2.75, 3.05) is 13.1 Å². The van der Waals surface area contributed by atoms with Gasteiger partial charge in [0.15, 0.2) is 0 Å². The van der Waals surface area contributed by atoms with Crippen molar-refractivity contribution in [2.24, 2.45) is 5.92 Å². The van der Waals surface area contributed by atoms with Crippen LogP contribution in [0.5, 0.6) is 5.75 Å². The number of aromatic hydroxyl groups is 1. The number of rotatable bonds is 3. The van der Waals surface area contributed by atoms with E-state index in [9.17, 15) is 5.11 Å². The fraction of sp³-hybridized carbons (Fsp3) is 0.600. The minimum absolute atomic E-state index is 0.374. The van der Waals surface area contributed by atoms with E-state index >= 15 is 0 Å². The molecule has 2 rings (SSSR count). The van der Waals surface area contributed by atoms with Gasteiger partial charge in [-0.15, -0.1) is 0 Å². The molecule has 17 heavy (non-hydrogen) atoms. The minimum Gasteiger partial charge on any atom is -0.508 e. The molecule has 1 saturated heterocycles. The molecule has 1 N–H and O–H groups in total. The van der Waals surface area contributed by atoms with Crippen molar-refractivity contribution >= 4 is 0 Å². The van der Waals surface area contributed by atoms with Gasteiger partial charge >= 0.3 is 0 Å². The molecule has 0 aliphatic carbocycles. The van der Waals surface area contributed by atoms with E-state index in [1.807, 2.05) is 12.1 Å². The number of phenolic OH excluding ortho intramolecular Hbond substituents is 1. The van der Waals surface area contributed by atoms with Gasteiger partial charge < -0.3 is 5.11 Å². The summed E-state index contributed by atoms with van der Waals surface area (Å²) in [4.78, 5) is 2.55. The van der Waals surface area contributed by atoms with E-state index in [0.717, 1.165) is 5.92 Å². The summed E-state index contributed by atoms with van der Waals surface area (Å²) < 4.78 is 0. The van der Waals surface area contributed by atoms with Gasteiger partial charge in [-0.25, -0.2) is 0 Å². The maximum Gasteiger partial charge on any atom is 0.115 e. The number of likely N-dealkylation sites (tertiary alicyclic amines) is 1. The van der Waals surface area contributed by atoms with Gasteiger partial charge in [0.2, 0.25) is 0 Å². The molecule has 0 amide bonds. The molecule has 0 bridgehead atoms. The standard InChI is InChI=1S/C15H23NO/c1-3-13-6-5-9-16(11-13)12(2)14-7-4-8-15(17)10-14/h4,7-8,10,12-13,17H,3,5-6,9,11H2,1-2H3. The van der Waals surface area contributed by atoms with Gasteiger partial charge in [-0.2, -0.15) is 0 Å². The lowest BCUT2D eigenvalue weighted by molar-refractivity contribution is 0.129. The Labute approximate surface area is 104 Å². The Hall–Kier alpha value is -1.02. The molecule has 0 radical (unpaired) electrons. The molecule has 2 heteroatoms. The van der Waals surface area contributed by atoms with E-state index in [1.165, 1.54) is 37.9 Å². The minimum atomic E-state index is 0.374. The lowest BCUT2D eigenvalue weighted by Gasteiger charge is -2.36. The summed E-state index contributed by atoms with van der Waals surface area (Å²) in [6.07, 6.45) is 3.96. The Morgan fingerprint density at radius 1 is 1.47 bits per heavy atom. The third kappa shape index (κ3) is 3.01. The van der Waals surface area contributed by atoms with Gasteiger partial charge in [-0.1, -0.05) is 25.5 Å². The second kappa shape index (κ2) is 5.54. The van der Waals surface area contributed by atoms with Crippen LogP contribution in [0, 0.1) is 5.92 Å². The molecule has 1 heterocycles. The average molecular weight is 233 g/mol. The van der Waals surface area contributed by atoms with Crippen molar-refractivity contribution in [1.82, 2.24) is 4.90 Å². The van der Waals surface area contributed by atoms with Crippen LogP contribution in [0.2, 0.25) is 0 Å². The largest absolute Gasteiger partial charge is 0.508 e. The molecule has 0 aromatic heterocycles. The van der Waals surface area contributed by atoms with Crippen LogP contribution >= 0.6 is 0 Å². The number of hydrogen-bond acceptors (Lipinski definition) is 2. The summed E-state index contributed by atoms with van der Waals surface area (Å²) in [6.45, 7) is 6.92. The number of nitrogens with zero attached hydrogens (tertiary/aromatic N) is 1. The Kier molecular flexibility index (Phi) is 4.06. The molecule has 1 fully saturated rings. The first-order valence-corrected chi connectivity index (χ1v) is 6.73. The van der Waals surface area contributed by atoms with E-state index in [2.05, 4.69) is 24.8 Å². The fourth-order valence-electron chi connectivity index (χ4n) is 2.78. The summed E-state index contributed by atoms with van der Waals surface area (Å²) in [5.74, 6) is 1.22. The lowest BCUT2D eigenvalue weighted by Crippen LogP contribution is -2.37. The molecule has 1 aliphatic heterocycles. The topological polar surface area (TPSA) is 23.5 Å². The maximum atomic E-state index is 9.54. The third-order valence-electron chi connectivity index (χ3n) is 4.03. The highest BCUT2D eigenvalue weighted by Gasteiger charge is 2.23. The van der Waals surface area contributed by atoms with Crippen LogP contribution in [0.15, 0.2) is 24.3 Å². The van der Waals surface area contributed by atoms with Gasteiger partial charge in [0, 0.05) is 12.6 Å². The maximum absolute atomic E-state index is 9.54. The second-order valence-corrected chi connectivity index (χ2v) is 5.18. The molecular formula is C15H23NO. The van der Waals surface area contributed by atoms with E-state index in [0.29, 0.717) is 11.8 Å². The molecule has 2 nitrogen and oxygen atoms in total. The Morgan fingerprint density at radius 2 is 2.29 bits per heavy atom. The van der Waals surface area contributed by atoms with Crippen molar-refractivity contribution in [3.05, 3.63) is 29.8 Å². The molecule has 0 spiro atoms.